The molecule has 1 aliphatic heterocycles. The first-order valence-electron chi connectivity index (χ1n) is 6.40. The van der Waals surface area contributed by atoms with E-state index in [1.165, 1.54) is 0 Å². The molecule has 19 heavy (non-hydrogen) atoms. The molecule has 0 aliphatic carbocycles. The van der Waals surface area contributed by atoms with Crippen LogP contribution >= 0.6 is 15.9 Å². The maximum absolute atomic E-state index is 4.55. The second-order valence-corrected chi connectivity index (χ2v) is 5.86. The van der Waals surface area contributed by atoms with Crippen molar-refractivity contribution in [3.05, 3.63) is 40.8 Å². The van der Waals surface area contributed by atoms with Crippen molar-refractivity contribution in [2.75, 3.05) is 20.6 Å². The fourth-order valence-electron chi connectivity index (χ4n) is 2.49. The summed E-state index contributed by atoms with van der Waals surface area (Å²) in [5.41, 5.74) is 2.24. The lowest BCUT2D eigenvalue weighted by Gasteiger charge is -2.23. The second-order valence-electron chi connectivity index (χ2n) is 4.95. The molecule has 5 heteroatoms. The van der Waals surface area contributed by atoms with Crippen molar-refractivity contribution in [3.63, 3.8) is 0 Å². The van der Waals surface area contributed by atoms with Gasteiger partial charge in [-0.1, -0.05) is 28.1 Å². The van der Waals surface area contributed by atoms with Crippen LogP contribution in [0.4, 0.5) is 0 Å². The molecule has 1 fully saturated rings. The van der Waals surface area contributed by atoms with Gasteiger partial charge in [-0.3, -0.25) is 0 Å². The van der Waals surface area contributed by atoms with Gasteiger partial charge in [0.2, 0.25) is 0 Å². The van der Waals surface area contributed by atoms with Gasteiger partial charge in [0.05, 0.1) is 17.9 Å². The summed E-state index contributed by atoms with van der Waals surface area (Å²) in [7, 11) is 4.22. The Morgan fingerprint density at radius 2 is 2.00 bits per heavy atom. The average molecular weight is 321 g/mol. The molecule has 1 saturated heterocycles. The van der Waals surface area contributed by atoms with Crippen LogP contribution in [0, 0.1) is 0 Å². The summed E-state index contributed by atoms with van der Waals surface area (Å²) in [6.45, 7) is 1.08. The van der Waals surface area contributed by atoms with Crippen LogP contribution in [0.3, 0.4) is 0 Å². The van der Waals surface area contributed by atoms with Gasteiger partial charge in [-0.15, -0.1) is 0 Å². The molecule has 1 unspecified atom stereocenters. The molecule has 1 aromatic heterocycles. The number of nitrogens with one attached hydrogen (secondary N) is 1. The fraction of sp³-hybridized carbons (Fsp3) is 0.357. The van der Waals surface area contributed by atoms with Crippen molar-refractivity contribution in [2.24, 2.45) is 0 Å². The Bertz CT molecular complexity index is 563. The van der Waals surface area contributed by atoms with E-state index in [0.29, 0.717) is 6.04 Å². The maximum Gasteiger partial charge on any atom is 0.125 e. The highest BCUT2D eigenvalue weighted by molar-refractivity contribution is 9.10. The zero-order valence-corrected chi connectivity index (χ0v) is 12.7. The first-order chi connectivity index (χ1) is 9.15. The molecule has 1 aliphatic rings. The third-order valence-electron chi connectivity index (χ3n) is 3.78. The summed E-state index contributed by atoms with van der Waals surface area (Å²) >= 11 is 3.45. The summed E-state index contributed by atoms with van der Waals surface area (Å²) < 4.78 is 1.09. The highest BCUT2D eigenvalue weighted by Crippen LogP contribution is 2.29. The van der Waals surface area contributed by atoms with Gasteiger partial charge in [-0.2, -0.15) is 0 Å². The van der Waals surface area contributed by atoms with Gasteiger partial charge >= 0.3 is 0 Å². The average Bonchev–Trinajstić information content (AvgIpc) is 2.99. The lowest BCUT2D eigenvalue weighted by atomic mass is 10.2. The second kappa shape index (κ2) is 5.07. The molecule has 1 N–H and O–H groups in total. The number of imidazole rings is 1. The zero-order chi connectivity index (χ0) is 13.4. The largest absolute Gasteiger partial charge is 0.341 e. The Morgan fingerprint density at radius 1 is 1.26 bits per heavy atom. The third kappa shape index (κ3) is 2.45. The van der Waals surface area contributed by atoms with Crippen LogP contribution < -0.4 is 0 Å². The van der Waals surface area contributed by atoms with E-state index in [1.807, 2.05) is 18.3 Å². The minimum absolute atomic E-state index is 0.356. The first kappa shape index (κ1) is 12.8. The van der Waals surface area contributed by atoms with E-state index in [1.54, 1.807) is 0 Å². The van der Waals surface area contributed by atoms with Crippen molar-refractivity contribution in [1.82, 2.24) is 20.0 Å². The van der Waals surface area contributed by atoms with E-state index in [4.69, 9.17) is 0 Å². The van der Waals surface area contributed by atoms with Gasteiger partial charge in [0.15, 0.2) is 0 Å². The molecule has 1 aromatic carbocycles. The van der Waals surface area contributed by atoms with Gasteiger partial charge in [0.1, 0.15) is 5.82 Å². The van der Waals surface area contributed by atoms with Gasteiger partial charge in [-0.05, 0) is 24.1 Å². The molecule has 0 radical (unpaired) electrons. The number of halogens is 1. The summed E-state index contributed by atoms with van der Waals surface area (Å²) in [4.78, 5) is 7.99. The van der Waals surface area contributed by atoms with E-state index in [-0.39, 0.29) is 0 Å². The topological polar surface area (TPSA) is 35.2 Å². The number of hydrazine groups is 1. The Morgan fingerprint density at radius 3 is 2.63 bits per heavy atom. The lowest BCUT2D eigenvalue weighted by Crippen LogP contribution is -2.31. The predicted molar refractivity (Wildman–Crippen MR) is 79.5 cm³/mol. The minimum Gasteiger partial charge on any atom is -0.341 e. The van der Waals surface area contributed by atoms with E-state index in [0.717, 1.165) is 34.5 Å². The Balaban J connectivity index is 1.85. The monoisotopic (exact) mass is 320 g/mol. The van der Waals surface area contributed by atoms with Crippen LogP contribution in [-0.2, 0) is 0 Å². The smallest absolute Gasteiger partial charge is 0.125 e. The zero-order valence-electron chi connectivity index (χ0n) is 11.1. The standard InChI is InChI=1S/C14H17BrN4/c1-18-8-7-13(19(18)2)14-16-9-12(17-14)10-3-5-11(15)6-4-10/h3-6,9,13H,7-8H2,1-2H3,(H,16,17). The molecule has 0 amide bonds. The van der Waals surface area contributed by atoms with Crippen LogP contribution in [0.2, 0.25) is 0 Å². The van der Waals surface area contributed by atoms with E-state index in [9.17, 15) is 0 Å². The molecule has 0 bridgehead atoms. The number of aromatic amines is 1. The van der Waals surface area contributed by atoms with Gasteiger partial charge < -0.3 is 4.98 Å². The van der Waals surface area contributed by atoms with Gasteiger partial charge in [-0.25, -0.2) is 15.0 Å². The molecule has 1 atom stereocenters. The molecule has 3 rings (SSSR count). The molecule has 2 aromatic rings. The number of rotatable bonds is 2. The Kier molecular flexibility index (Phi) is 3.43. The van der Waals surface area contributed by atoms with Gasteiger partial charge in [0, 0.05) is 25.1 Å². The summed E-state index contributed by atoms with van der Waals surface area (Å²) in [6.07, 6.45) is 3.03. The van der Waals surface area contributed by atoms with Crippen molar-refractivity contribution in [3.8, 4) is 11.3 Å². The van der Waals surface area contributed by atoms with Crippen molar-refractivity contribution in [1.29, 1.82) is 0 Å². The normalized spacial score (nSPS) is 21.1. The number of nitrogens with zero attached hydrogens (tertiary/aromatic N) is 3. The Hall–Kier alpha value is -1.17. The number of aromatic nitrogens is 2. The minimum atomic E-state index is 0.356. The first-order valence-corrected chi connectivity index (χ1v) is 7.19. The maximum atomic E-state index is 4.55. The molecular weight excluding hydrogens is 304 g/mol. The highest BCUT2D eigenvalue weighted by Gasteiger charge is 2.29. The molecule has 0 spiro atoms. The van der Waals surface area contributed by atoms with Crippen LogP contribution in [0.1, 0.15) is 18.3 Å². The van der Waals surface area contributed by atoms with Crippen LogP contribution in [0.25, 0.3) is 11.3 Å². The van der Waals surface area contributed by atoms with Crippen LogP contribution in [0.5, 0.6) is 0 Å². The molecule has 0 saturated carbocycles. The van der Waals surface area contributed by atoms with E-state index >= 15 is 0 Å². The number of hydrogen-bond donors (Lipinski definition) is 1. The van der Waals surface area contributed by atoms with Crippen molar-refractivity contribution in [2.45, 2.75) is 12.5 Å². The molecular formula is C14H17BrN4. The molecule has 2 heterocycles. The molecule has 4 nitrogen and oxygen atoms in total. The van der Waals surface area contributed by atoms with E-state index in [2.05, 4.69) is 62.1 Å². The summed E-state index contributed by atoms with van der Waals surface area (Å²) in [5, 5.41) is 4.47. The fourth-order valence-corrected chi connectivity index (χ4v) is 2.75. The SMILES string of the molecule is CN1CCC(c2ncc(-c3ccc(Br)cc3)[nH]2)N1C. The third-order valence-corrected chi connectivity index (χ3v) is 4.31. The highest BCUT2D eigenvalue weighted by atomic mass is 79.9. The summed E-state index contributed by atoms with van der Waals surface area (Å²) in [5.74, 6) is 1.05. The predicted octanol–water partition coefficient (Wildman–Crippen LogP) is 3.06. The van der Waals surface area contributed by atoms with Gasteiger partial charge in [0.25, 0.3) is 0 Å². The van der Waals surface area contributed by atoms with Crippen molar-refractivity contribution >= 4 is 15.9 Å². The molecule has 100 valence electrons. The number of H-pyrrole nitrogens is 1. The van der Waals surface area contributed by atoms with Crippen molar-refractivity contribution < 1.29 is 0 Å². The summed E-state index contributed by atoms with van der Waals surface area (Å²) in [6, 6.07) is 8.63. The number of benzene rings is 1. The Labute approximate surface area is 121 Å². The number of hydrogen-bond acceptors (Lipinski definition) is 3. The quantitative estimate of drug-likeness (QED) is 0.923. The van der Waals surface area contributed by atoms with Crippen LogP contribution in [0.15, 0.2) is 34.9 Å². The lowest BCUT2D eigenvalue weighted by molar-refractivity contribution is 0.0502. The van der Waals surface area contributed by atoms with E-state index < -0.39 is 0 Å². The van der Waals surface area contributed by atoms with Crippen LogP contribution in [-0.4, -0.2) is 40.6 Å².